The highest BCUT2D eigenvalue weighted by Gasteiger charge is 2.19. The maximum Gasteiger partial charge on any atom is 0.341 e. The lowest BCUT2D eigenvalue weighted by Crippen LogP contribution is -2.43. The van der Waals surface area contributed by atoms with Gasteiger partial charge in [-0.25, -0.2) is 18.4 Å². The zero-order chi connectivity index (χ0) is 14.8. The summed E-state index contributed by atoms with van der Waals surface area (Å²) in [4.78, 5) is 22.1. The molecule has 0 saturated heterocycles. The Morgan fingerprint density at radius 3 is 2.00 bits per heavy atom. The molecule has 1 aromatic carbocycles. The van der Waals surface area contributed by atoms with E-state index in [1.54, 1.807) is 20.8 Å². The van der Waals surface area contributed by atoms with Crippen LogP contribution in [-0.4, -0.2) is 22.6 Å². The molecule has 0 aliphatic heterocycles. The Morgan fingerprint density at radius 2 is 1.63 bits per heavy atom. The van der Waals surface area contributed by atoms with Crippen molar-refractivity contribution in [1.82, 2.24) is 5.32 Å². The fraction of sp³-hybridized carbons (Fsp3) is 0.333. The van der Waals surface area contributed by atoms with E-state index in [9.17, 15) is 18.4 Å². The molecule has 1 aromatic rings. The number of halogens is 2. The molecule has 0 fully saturated rings. The number of carbonyl (C=O) groups is 2. The van der Waals surface area contributed by atoms with Gasteiger partial charge in [0.2, 0.25) is 0 Å². The van der Waals surface area contributed by atoms with Gasteiger partial charge in [-0.1, -0.05) is 0 Å². The van der Waals surface area contributed by atoms with Crippen molar-refractivity contribution in [2.45, 2.75) is 26.3 Å². The molecule has 0 aliphatic carbocycles. The van der Waals surface area contributed by atoms with Gasteiger partial charge in [-0.2, -0.15) is 0 Å². The summed E-state index contributed by atoms with van der Waals surface area (Å²) in [6.07, 6.45) is 0. The number of carboxylic acid groups (broad SMARTS) is 1. The summed E-state index contributed by atoms with van der Waals surface area (Å²) in [5.74, 6) is -4.21. The zero-order valence-electron chi connectivity index (χ0n) is 10.7. The number of benzene rings is 1. The highest BCUT2D eigenvalue weighted by Crippen LogP contribution is 2.19. The minimum Gasteiger partial charge on any atom is -0.477 e. The summed E-state index contributed by atoms with van der Waals surface area (Å²) in [6.45, 7) is 5.21. The first kappa shape index (κ1) is 14.9. The van der Waals surface area contributed by atoms with Crippen LogP contribution in [0.5, 0.6) is 0 Å². The number of urea groups is 1. The maximum absolute atomic E-state index is 13.4. The van der Waals surface area contributed by atoms with Crippen molar-refractivity contribution in [2.24, 2.45) is 0 Å². The van der Waals surface area contributed by atoms with Crippen LogP contribution in [0, 0.1) is 11.6 Å². The molecule has 19 heavy (non-hydrogen) atoms. The van der Waals surface area contributed by atoms with Crippen molar-refractivity contribution in [1.29, 1.82) is 0 Å². The van der Waals surface area contributed by atoms with E-state index in [1.807, 2.05) is 0 Å². The second-order valence-electron chi connectivity index (χ2n) is 4.95. The molecule has 3 N–H and O–H groups in total. The van der Waals surface area contributed by atoms with Crippen molar-refractivity contribution in [3.8, 4) is 0 Å². The number of carboxylic acids is 1. The molecule has 0 aromatic heterocycles. The van der Waals surface area contributed by atoms with Gasteiger partial charge in [0.15, 0.2) is 0 Å². The maximum atomic E-state index is 13.4. The van der Waals surface area contributed by atoms with Gasteiger partial charge >= 0.3 is 12.0 Å². The fourth-order valence-corrected chi connectivity index (χ4v) is 1.35. The average Bonchev–Trinajstić information content (AvgIpc) is 2.10. The summed E-state index contributed by atoms with van der Waals surface area (Å²) in [5.41, 5.74) is -1.73. The summed E-state index contributed by atoms with van der Waals surface area (Å²) in [7, 11) is 0. The second-order valence-corrected chi connectivity index (χ2v) is 4.95. The van der Waals surface area contributed by atoms with Crippen LogP contribution in [0.25, 0.3) is 0 Å². The Kier molecular flexibility index (Phi) is 4.08. The number of hydrogen-bond donors (Lipinski definition) is 3. The van der Waals surface area contributed by atoms with E-state index in [-0.39, 0.29) is 5.69 Å². The lowest BCUT2D eigenvalue weighted by atomic mass is 10.1. The third-order valence-electron chi connectivity index (χ3n) is 2.00. The van der Waals surface area contributed by atoms with E-state index in [0.717, 1.165) is 12.1 Å². The first-order valence-electron chi connectivity index (χ1n) is 5.41. The normalized spacial score (nSPS) is 11.0. The number of nitrogens with one attached hydrogen (secondary N) is 2. The Bertz CT molecular complexity index is 501. The Labute approximate surface area is 108 Å². The van der Waals surface area contributed by atoms with Crippen LogP contribution in [0.1, 0.15) is 31.1 Å². The van der Waals surface area contributed by atoms with Gasteiger partial charge in [0.05, 0.1) is 0 Å². The molecule has 7 heteroatoms. The number of carbonyl (C=O) groups excluding carboxylic acids is 1. The number of aromatic carboxylic acids is 1. The molecule has 0 saturated carbocycles. The van der Waals surface area contributed by atoms with Crippen molar-refractivity contribution in [2.75, 3.05) is 5.32 Å². The average molecular weight is 272 g/mol. The number of rotatable bonds is 2. The first-order valence-corrected chi connectivity index (χ1v) is 5.41. The summed E-state index contributed by atoms with van der Waals surface area (Å²) >= 11 is 0. The minimum absolute atomic E-state index is 0.165. The Balaban J connectivity index is 2.93. The monoisotopic (exact) mass is 272 g/mol. The van der Waals surface area contributed by atoms with Crippen LogP contribution in [0.4, 0.5) is 19.3 Å². The molecule has 1 rings (SSSR count). The van der Waals surface area contributed by atoms with Gasteiger partial charge in [0.1, 0.15) is 17.2 Å². The number of hydrogen-bond acceptors (Lipinski definition) is 2. The standard InChI is InChI=1S/C12H14F2N2O3/c1-12(2,3)16-11(19)15-6-4-7(13)9(10(17)18)8(14)5-6/h4-5H,1-3H3,(H,17,18)(H2,15,16,19). The summed E-state index contributed by atoms with van der Waals surface area (Å²) < 4.78 is 26.7. The van der Waals surface area contributed by atoms with Crippen molar-refractivity contribution < 1.29 is 23.5 Å². The molecule has 0 heterocycles. The quantitative estimate of drug-likeness (QED) is 0.774. The molecule has 0 spiro atoms. The molecule has 5 nitrogen and oxygen atoms in total. The van der Waals surface area contributed by atoms with Gasteiger partial charge in [0.25, 0.3) is 0 Å². The topological polar surface area (TPSA) is 78.4 Å². The van der Waals surface area contributed by atoms with Gasteiger partial charge in [0, 0.05) is 11.2 Å². The molecule has 0 bridgehead atoms. The first-order chi connectivity index (χ1) is 8.60. The van der Waals surface area contributed by atoms with Crippen LogP contribution in [0.15, 0.2) is 12.1 Å². The third-order valence-corrected chi connectivity index (χ3v) is 2.00. The van der Waals surface area contributed by atoms with Crippen LogP contribution < -0.4 is 10.6 Å². The Hall–Kier alpha value is -2.18. The van der Waals surface area contributed by atoms with Gasteiger partial charge in [-0.3, -0.25) is 0 Å². The SMILES string of the molecule is CC(C)(C)NC(=O)Nc1cc(F)c(C(=O)O)c(F)c1. The molecule has 0 unspecified atom stereocenters. The highest BCUT2D eigenvalue weighted by molar-refractivity contribution is 5.92. The molecule has 0 radical (unpaired) electrons. The van der Waals surface area contributed by atoms with E-state index in [1.165, 1.54) is 0 Å². The predicted octanol–water partition coefficient (Wildman–Crippen LogP) is 2.58. The number of amides is 2. The Morgan fingerprint density at radius 1 is 1.16 bits per heavy atom. The van der Waals surface area contributed by atoms with E-state index < -0.39 is 34.7 Å². The molecule has 2 amide bonds. The van der Waals surface area contributed by atoms with Gasteiger partial charge < -0.3 is 15.7 Å². The lowest BCUT2D eigenvalue weighted by Gasteiger charge is -2.20. The third kappa shape index (κ3) is 4.20. The molecular formula is C12H14F2N2O3. The largest absolute Gasteiger partial charge is 0.477 e. The zero-order valence-corrected chi connectivity index (χ0v) is 10.7. The second kappa shape index (κ2) is 5.21. The van der Waals surface area contributed by atoms with Gasteiger partial charge in [-0.15, -0.1) is 0 Å². The smallest absolute Gasteiger partial charge is 0.341 e. The highest BCUT2D eigenvalue weighted by atomic mass is 19.1. The fourth-order valence-electron chi connectivity index (χ4n) is 1.35. The molecule has 0 atom stereocenters. The van der Waals surface area contributed by atoms with Crippen LogP contribution in [-0.2, 0) is 0 Å². The number of anilines is 1. The van der Waals surface area contributed by atoms with Gasteiger partial charge in [-0.05, 0) is 32.9 Å². The summed E-state index contributed by atoms with van der Waals surface area (Å²) in [5, 5.41) is 13.3. The molecular weight excluding hydrogens is 258 g/mol. The van der Waals surface area contributed by atoms with E-state index >= 15 is 0 Å². The molecule has 104 valence electrons. The van der Waals surface area contributed by atoms with Crippen LogP contribution >= 0.6 is 0 Å². The molecule has 0 aliphatic rings. The van der Waals surface area contributed by atoms with Crippen molar-refractivity contribution in [3.63, 3.8) is 0 Å². The van der Waals surface area contributed by atoms with E-state index in [0.29, 0.717) is 0 Å². The minimum atomic E-state index is -1.71. The van der Waals surface area contributed by atoms with Crippen molar-refractivity contribution >= 4 is 17.7 Å². The van der Waals surface area contributed by atoms with Crippen molar-refractivity contribution in [3.05, 3.63) is 29.3 Å². The summed E-state index contributed by atoms with van der Waals surface area (Å²) in [6, 6.07) is 0.846. The lowest BCUT2D eigenvalue weighted by molar-refractivity contribution is 0.0686. The van der Waals surface area contributed by atoms with E-state index in [4.69, 9.17) is 5.11 Å². The van der Waals surface area contributed by atoms with Crippen LogP contribution in [0.2, 0.25) is 0 Å². The predicted molar refractivity (Wildman–Crippen MR) is 65.2 cm³/mol. The van der Waals surface area contributed by atoms with Crippen LogP contribution in [0.3, 0.4) is 0 Å². The van der Waals surface area contributed by atoms with E-state index in [2.05, 4.69) is 10.6 Å².